The summed E-state index contributed by atoms with van der Waals surface area (Å²) in [4.78, 5) is 22.9. The van der Waals surface area contributed by atoms with Crippen molar-refractivity contribution in [2.24, 2.45) is 5.73 Å². The van der Waals surface area contributed by atoms with Crippen LogP contribution in [0.2, 0.25) is 5.02 Å². The van der Waals surface area contributed by atoms with Crippen LogP contribution in [0.25, 0.3) is 5.57 Å². The number of ether oxygens (including phenoxy) is 1. The van der Waals surface area contributed by atoms with E-state index in [1.807, 2.05) is 0 Å². The third-order valence-corrected chi connectivity index (χ3v) is 5.33. The fraction of sp³-hybridized carbons (Fsp3) is 0.350. The zero-order valence-electron chi connectivity index (χ0n) is 17.0. The molecule has 0 aliphatic carbocycles. The first-order valence-electron chi connectivity index (χ1n) is 9.33. The topological polar surface area (TPSA) is 102 Å². The first-order valence-corrected chi connectivity index (χ1v) is 9.71. The molecule has 2 aromatic rings. The Bertz CT molecular complexity index is 1070. The van der Waals surface area contributed by atoms with Gasteiger partial charge < -0.3 is 20.5 Å². The maximum atomic E-state index is 13.7. The molecule has 3 N–H and O–H groups in total. The van der Waals surface area contributed by atoms with Crippen molar-refractivity contribution in [3.05, 3.63) is 57.5 Å². The van der Waals surface area contributed by atoms with Crippen molar-refractivity contribution >= 4 is 23.1 Å². The molecule has 32 heavy (non-hydrogen) atoms. The van der Waals surface area contributed by atoms with E-state index in [1.54, 1.807) is 13.8 Å². The highest BCUT2D eigenvalue weighted by molar-refractivity contribution is 6.31. The monoisotopic (exact) mass is 474 g/mol. The number of carbonyl (C=O) groups is 1. The second-order valence-electron chi connectivity index (χ2n) is 7.21. The van der Waals surface area contributed by atoms with Gasteiger partial charge >= 0.3 is 6.18 Å². The highest BCUT2D eigenvalue weighted by Crippen LogP contribution is 2.29. The Kier molecular flexibility index (Phi) is 6.61. The Labute approximate surface area is 185 Å². The molecule has 1 unspecified atom stereocenters. The van der Waals surface area contributed by atoms with Crippen molar-refractivity contribution in [1.29, 1.82) is 0 Å². The summed E-state index contributed by atoms with van der Waals surface area (Å²) >= 11 is 6.09. The maximum Gasteiger partial charge on any atom is 0.417 e. The number of aromatic nitrogens is 2. The number of hydrogen-bond acceptors (Lipinski definition) is 6. The number of rotatable bonds is 5. The van der Waals surface area contributed by atoms with E-state index in [0.717, 1.165) is 18.2 Å². The Morgan fingerprint density at radius 2 is 1.91 bits per heavy atom. The standard InChI is InChI=1S/C20H19ClF4N4O3/c1-9-17(21)10(2)28-18(27-9)13-6-29(7-14(13)26)19(31)12-4-3-11(22)5-15(12)32-8-16(30)20(23,24)25/h3-5,16,30H,6-8,26H2,1-2H3. The van der Waals surface area contributed by atoms with Gasteiger partial charge in [0.2, 0.25) is 0 Å². The van der Waals surface area contributed by atoms with E-state index < -0.39 is 36.4 Å². The summed E-state index contributed by atoms with van der Waals surface area (Å²) in [5, 5.41) is 9.54. The van der Waals surface area contributed by atoms with E-state index in [1.165, 1.54) is 4.90 Å². The van der Waals surface area contributed by atoms with Gasteiger partial charge in [-0.25, -0.2) is 14.4 Å². The van der Waals surface area contributed by atoms with Gasteiger partial charge in [-0.1, -0.05) is 11.6 Å². The summed E-state index contributed by atoms with van der Waals surface area (Å²) in [5.74, 6) is -1.60. The van der Waals surface area contributed by atoms with Gasteiger partial charge in [-0.3, -0.25) is 4.79 Å². The fourth-order valence-corrected chi connectivity index (χ4v) is 3.16. The fourth-order valence-electron chi connectivity index (χ4n) is 3.07. The van der Waals surface area contributed by atoms with Gasteiger partial charge in [-0.15, -0.1) is 0 Å². The molecule has 1 aliphatic heterocycles. The number of carbonyl (C=O) groups excluding carboxylic acids is 1. The van der Waals surface area contributed by atoms with Gasteiger partial charge in [0, 0.05) is 17.3 Å². The van der Waals surface area contributed by atoms with E-state index >= 15 is 0 Å². The molecule has 0 fully saturated rings. The molecule has 1 atom stereocenters. The zero-order chi connectivity index (χ0) is 23.8. The number of aliphatic hydroxyl groups is 1. The van der Waals surface area contributed by atoms with Crippen molar-refractivity contribution < 1.29 is 32.2 Å². The van der Waals surface area contributed by atoms with Crippen LogP contribution in [0.3, 0.4) is 0 Å². The van der Waals surface area contributed by atoms with E-state index in [0.29, 0.717) is 33.5 Å². The first kappa shape index (κ1) is 23.7. The molecule has 12 heteroatoms. The normalized spacial score (nSPS) is 15.3. The molecule has 0 radical (unpaired) electrons. The molecule has 172 valence electrons. The van der Waals surface area contributed by atoms with E-state index in [-0.39, 0.29) is 18.7 Å². The first-order chi connectivity index (χ1) is 14.9. The summed E-state index contributed by atoms with van der Waals surface area (Å²) in [6.07, 6.45) is -7.72. The van der Waals surface area contributed by atoms with Crippen LogP contribution in [0.5, 0.6) is 5.75 Å². The lowest BCUT2D eigenvalue weighted by Gasteiger charge is -2.20. The number of amides is 1. The average Bonchev–Trinajstić information content (AvgIpc) is 3.10. The largest absolute Gasteiger partial charge is 0.490 e. The summed E-state index contributed by atoms with van der Waals surface area (Å²) in [6, 6.07) is 2.84. The lowest BCUT2D eigenvalue weighted by atomic mass is 10.1. The number of aryl methyl sites for hydroxylation is 2. The molecule has 1 amide bonds. The molecule has 3 rings (SSSR count). The SMILES string of the molecule is Cc1nc(C2=C(N)CN(C(=O)c3ccc(F)cc3OCC(O)C(F)(F)F)C2)nc(C)c1Cl. The number of hydrogen-bond donors (Lipinski definition) is 2. The molecule has 0 saturated heterocycles. The van der Waals surface area contributed by atoms with Crippen molar-refractivity contribution in [3.8, 4) is 5.75 Å². The van der Waals surface area contributed by atoms with Gasteiger partial charge in [0.1, 0.15) is 18.2 Å². The van der Waals surface area contributed by atoms with Crippen LogP contribution in [0.1, 0.15) is 27.6 Å². The number of aliphatic hydroxyl groups excluding tert-OH is 1. The Morgan fingerprint density at radius 1 is 1.28 bits per heavy atom. The van der Waals surface area contributed by atoms with Crippen LogP contribution >= 0.6 is 11.6 Å². The van der Waals surface area contributed by atoms with Crippen LogP contribution in [0, 0.1) is 19.7 Å². The van der Waals surface area contributed by atoms with Crippen LogP contribution < -0.4 is 10.5 Å². The molecule has 2 heterocycles. The van der Waals surface area contributed by atoms with Crippen molar-refractivity contribution in [1.82, 2.24) is 14.9 Å². The van der Waals surface area contributed by atoms with Gasteiger partial charge in [0.05, 0.1) is 35.1 Å². The molecule has 7 nitrogen and oxygen atoms in total. The molecular formula is C20H19ClF4N4O3. The summed E-state index contributed by atoms with van der Waals surface area (Å²) < 4.78 is 56.2. The van der Waals surface area contributed by atoms with E-state index in [4.69, 9.17) is 27.2 Å². The molecule has 0 bridgehead atoms. The highest BCUT2D eigenvalue weighted by atomic mass is 35.5. The lowest BCUT2D eigenvalue weighted by molar-refractivity contribution is -0.210. The number of benzene rings is 1. The summed E-state index contributed by atoms with van der Waals surface area (Å²) in [6.45, 7) is 2.22. The van der Waals surface area contributed by atoms with Gasteiger partial charge in [0.15, 0.2) is 11.9 Å². The van der Waals surface area contributed by atoms with Crippen LogP contribution in [-0.2, 0) is 0 Å². The number of nitrogens with zero attached hydrogens (tertiary/aromatic N) is 3. The summed E-state index contributed by atoms with van der Waals surface area (Å²) in [7, 11) is 0. The quantitative estimate of drug-likeness (QED) is 0.646. The minimum atomic E-state index is -4.92. The molecule has 0 saturated carbocycles. The minimum Gasteiger partial charge on any atom is -0.490 e. The summed E-state index contributed by atoms with van der Waals surface area (Å²) in [5.41, 5.74) is 7.81. The van der Waals surface area contributed by atoms with Crippen LogP contribution in [0.15, 0.2) is 23.9 Å². The minimum absolute atomic E-state index is 0.000239. The zero-order valence-corrected chi connectivity index (χ0v) is 17.8. The van der Waals surface area contributed by atoms with Crippen LogP contribution in [0.4, 0.5) is 17.6 Å². The number of nitrogens with two attached hydrogens (primary N) is 1. The van der Waals surface area contributed by atoms with Crippen LogP contribution in [-0.4, -0.2) is 57.9 Å². The van der Waals surface area contributed by atoms with Gasteiger partial charge in [-0.2, -0.15) is 13.2 Å². The third-order valence-electron chi connectivity index (χ3n) is 4.79. The number of alkyl halides is 3. The van der Waals surface area contributed by atoms with Crippen molar-refractivity contribution in [3.63, 3.8) is 0 Å². The average molecular weight is 475 g/mol. The molecule has 1 aromatic heterocycles. The predicted octanol–water partition coefficient (Wildman–Crippen LogP) is 3.01. The highest BCUT2D eigenvalue weighted by Gasteiger charge is 2.39. The lowest BCUT2D eigenvalue weighted by Crippen LogP contribution is -2.35. The molecule has 0 spiro atoms. The molecular weight excluding hydrogens is 456 g/mol. The smallest absolute Gasteiger partial charge is 0.417 e. The van der Waals surface area contributed by atoms with E-state index in [2.05, 4.69) is 9.97 Å². The van der Waals surface area contributed by atoms with E-state index in [9.17, 15) is 22.4 Å². The van der Waals surface area contributed by atoms with Crippen molar-refractivity contribution in [2.45, 2.75) is 26.1 Å². The molecule has 1 aliphatic rings. The second kappa shape index (κ2) is 8.91. The molecule has 1 aromatic carbocycles. The Balaban J connectivity index is 1.82. The third kappa shape index (κ3) is 4.94. The Morgan fingerprint density at radius 3 is 2.50 bits per heavy atom. The van der Waals surface area contributed by atoms with Gasteiger partial charge in [-0.05, 0) is 26.0 Å². The predicted molar refractivity (Wildman–Crippen MR) is 107 cm³/mol. The van der Waals surface area contributed by atoms with Gasteiger partial charge in [0.25, 0.3) is 5.91 Å². The number of halogens is 5. The maximum absolute atomic E-state index is 13.7. The Hall–Kier alpha value is -2.92. The van der Waals surface area contributed by atoms with Crippen molar-refractivity contribution in [2.75, 3.05) is 19.7 Å². The second-order valence-corrected chi connectivity index (χ2v) is 7.58.